The predicted molar refractivity (Wildman–Crippen MR) is 82.6 cm³/mol. The van der Waals surface area contributed by atoms with Crippen LogP contribution in [0.1, 0.15) is 12.6 Å². The first-order chi connectivity index (χ1) is 10.2. The first kappa shape index (κ1) is 13.4. The molecule has 0 aliphatic carbocycles. The molecule has 0 unspecified atom stereocenters. The van der Waals surface area contributed by atoms with Crippen molar-refractivity contribution in [2.24, 2.45) is 0 Å². The summed E-state index contributed by atoms with van der Waals surface area (Å²) in [5, 5.41) is 12.7. The largest absolute Gasteiger partial charge is 0.387 e. The molecule has 0 fully saturated rings. The number of aryl methyl sites for hydroxylation is 1. The summed E-state index contributed by atoms with van der Waals surface area (Å²) < 4.78 is 3.37. The van der Waals surface area contributed by atoms with Gasteiger partial charge in [0.05, 0.1) is 29.6 Å². The lowest BCUT2D eigenvalue weighted by molar-refractivity contribution is 0.604. The second-order valence-corrected chi connectivity index (χ2v) is 4.77. The number of aromatic nitrogens is 4. The normalized spacial score (nSPS) is 11.0. The highest BCUT2D eigenvalue weighted by Gasteiger charge is 2.10. The molecule has 0 atom stereocenters. The van der Waals surface area contributed by atoms with Gasteiger partial charge in [-0.2, -0.15) is 10.2 Å². The molecule has 0 aliphatic heterocycles. The molecule has 6 heteroatoms. The Kier molecular flexibility index (Phi) is 3.43. The van der Waals surface area contributed by atoms with Gasteiger partial charge < -0.3 is 5.32 Å². The molecule has 0 amide bonds. The van der Waals surface area contributed by atoms with Crippen LogP contribution >= 0.6 is 0 Å². The van der Waals surface area contributed by atoms with Crippen LogP contribution in [0.15, 0.2) is 41.3 Å². The van der Waals surface area contributed by atoms with Crippen LogP contribution < -0.4 is 10.9 Å². The van der Waals surface area contributed by atoms with Crippen LogP contribution in [0, 0.1) is 0 Å². The molecule has 0 aliphatic rings. The number of hydrogen-bond donors (Lipinski definition) is 1. The molecule has 6 nitrogen and oxygen atoms in total. The lowest BCUT2D eigenvalue weighted by Gasteiger charge is -2.04. The Balaban J connectivity index is 2.04. The van der Waals surface area contributed by atoms with E-state index in [9.17, 15) is 4.79 Å². The molecule has 0 saturated heterocycles. The third-order valence-electron chi connectivity index (χ3n) is 3.49. The van der Waals surface area contributed by atoms with Crippen molar-refractivity contribution in [2.75, 3.05) is 12.4 Å². The van der Waals surface area contributed by atoms with E-state index < -0.39 is 0 Å². The molecular weight excluding hydrogens is 266 g/mol. The zero-order valence-electron chi connectivity index (χ0n) is 12.1. The van der Waals surface area contributed by atoms with Crippen molar-refractivity contribution in [2.45, 2.75) is 20.0 Å². The van der Waals surface area contributed by atoms with E-state index in [2.05, 4.69) is 22.4 Å². The SMILES string of the molecule is CCn1nc(Cn2ncc(NC)cc2=O)c2ccccc21. The molecule has 0 spiro atoms. The number of anilines is 1. The van der Waals surface area contributed by atoms with Gasteiger partial charge in [0.25, 0.3) is 5.56 Å². The van der Waals surface area contributed by atoms with Crippen LogP contribution in [0.4, 0.5) is 5.69 Å². The fourth-order valence-corrected chi connectivity index (χ4v) is 2.38. The van der Waals surface area contributed by atoms with Crippen LogP contribution in [-0.4, -0.2) is 26.6 Å². The highest BCUT2D eigenvalue weighted by Crippen LogP contribution is 2.18. The van der Waals surface area contributed by atoms with Gasteiger partial charge in [0.1, 0.15) is 0 Å². The molecule has 0 bridgehead atoms. The fourth-order valence-electron chi connectivity index (χ4n) is 2.38. The molecule has 0 saturated carbocycles. The van der Waals surface area contributed by atoms with Crippen molar-refractivity contribution in [3.05, 3.63) is 52.6 Å². The second kappa shape index (κ2) is 5.40. The van der Waals surface area contributed by atoms with Crippen LogP contribution in [0.25, 0.3) is 10.9 Å². The molecular formula is C15H17N5O. The zero-order valence-corrected chi connectivity index (χ0v) is 12.1. The summed E-state index contributed by atoms with van der Waals surface area (Å²) in [6.07, 6.45) is 1.64. The maximum atomic E-state index is 12.0. The third-order valence-corrected chi connectivity index (χ3v) is 3.49. The van der Waals surface area contributed by atoms with Gasteiger partial charge in [0.2, 0.25) is 0 Å². The monoisotopic (exact) mass is 283 g/mol. The molecule has 21 heavy (non-hydrogen) atoms. The van der Waals surface area contributed by atoms with Gasteiger partial charge >= 0.3 is 0 Å². The quantitative estimate of drug-likeness (QED) is 0.791. The number of benzene rings is 1. The van der Waals surface area contributed by atoms with E-state index in [0.717, 1.165) is 23.1 Å². The number of fused-ring (bicyclic) bond motifs is 1. The predicted octanol–water partition coefficient (Wildman–Crippen LogP) is 1.70. The molecule has 3 rings (SSSR count). The zero-order chi connectivity index (χ0) is 14.8. The number of nitrogens with zero attached hydrogens (tertiary/aromatic N) is 4. The van der Waals surface area contributed by atoms with Crippen molar-refractivity contribution >= 4 is 16.6 Å². The highest BCUT2D eigenvalue weighted by molar-refractivity contribution is 5.81. The Morgan fingerprint density at radius 1 is 1.24 bits per heavy atom. The van der Waals surface area contributed by atoms with Crippen LogP contribution in [0.2, 0.25) is 0 Å². The Morgan fingerprint density at radius 3 is 2.76 bits per heavy atom. The fraction of sp³-hybridized carbons (Fsp3) is 0.267. The number of rotatable bonds is 4. The van der Waals surface area contributed by atoms with Crippen LogP contribution in [-0.2, 0) is 13.1 Å². The van der Waals surface area contributed by atoms with Crippen molar-refractivity contribution in [3.8, 4) is 0 Å². The van der Waals surface area contributed by atoms with Gasteiger partial charge in [-0.3, -0.25) is 9.48 Å². The number of hydrogen-bond acceptors (Lipinski definition) is 4. The van der Waals surface area contributed by atoms with Gasteiger partial charge in [-0.25, -0.2) is 4.68 Å². The molecule has 0 radical (unpaired) electrons. The molecule has 108 valence electrons. The average molecular weight is 283 g/mol. The van der Waals surface area contributed by atoms with Crippen molar-refractivity contribution < 1.29 is 0 Å². The minimum Gasteiger partial charge on any atom is -0.387 e. The lowest BCUT2D eigenvalue weighted by atomic mass is 10.2. The molecule has 2 aromatic heterocycles. The topological polar surface area (TPSA) is 64.7 Å². The van der Waals surface area contributed by atoms with Crippen LogP contribution in [0.3, 0.4) is 0 Å². The minimum absolute atomic E-state index is 0.142. The second-order valence-electron chi connectivity index (χ2n) is 4.77. The lowest BCUT2D eigenvalue weighted by Crippen LogP contribution is -2.23. The van der Waals surface area contributed by atoms with Gasteiger partial charge in [0.15, 0.2) is 0 Å². The van der Waals surface area contributed by atoms with E-state index in [1.807, 2.05) is 28.9 Å². The van der Waals surface area contributed by atoms with Gasteiger partial charge in [-0.1, -0.05) is 18.2 Å². The Labute approximate surface area is 122 Å². The summed E-state index contributed by atoms with van der Waals surface area (Å²) in [6.45, 7) is 3.22. The summed E-state index contributed by atoms with van der Waals surface area (Å²) >= 11 is 0. The molecule has 3 aromatic rings. The van der Waals surface area contributed by atoms with E-state index in [0.29, 0.717) is 12.2 Å². The third kappa shape index (κ3) is 2.40. The first-order valence-corrected chi connectivity index (χ1v) is 6.92. The van der Waals surface area contributed by atoms with Crippen LogP contribution in [0.5, 0.6) is 0 Å². The average Bonchev–Trinajstić information content (AvgIpc) is 2.87. The maximum absolute atomic E-state index is 12.0. The standard InChI is InChI=1S/C15H17N5O/c1-3-19-14-7-5-4-6-12(14)13(18-19)10-20-15(21)8-11(16-2)9-17-20/h4-9,16H,3,10H2,1-2H3. The van der Waals surface area contributed by atoms with Crippen molar-refractivity contribution in [3.63, 3.8) is 0 Å². The van der Waals surface area contributed by atoms with E-state index in [1.165, 1.54) is 10.7 Å². The smallest absolute Gasteiger partial charge is 0.269 e. The molecule has 1 aromatic carbocycles. The van der Waals surface area contributed by atoms with E-state index in [-0.39, 0.29) is 5.56 Å². The molecule has 1 N–H and O–H groups in total. The Morgan fingerprint density at radius 2 is 2.05 bits per heavy atom. The van der Waals surface area contributed by atoms with Crippen molar-refractivity contribution in [1.82, 2.24) is 19.6 Å². The number of nitrogens with one attached hydrogen (secondary N) is 1. The summed E-state index contributed by atoms with van der Waals surface area (Å²) in [5.41, 5.74) is 2.51. The summed E-state index contributed by atoms with van der Waals surface area (Å²) in [6, 6.07) is 9.57. The number of para-hydroxylation sites is 1. The minimum atomic E-state index is -0.142. The Bertz CT molecular complexity index is 833. The summed E-state index contributed by atoms with van der Waals surface area (Å²) in [7, 11) is 1.76. The van der Waals surface area contributed by atoms with E-state index in [4.69, 9.17) is 0 Å². The highest BCUT2D eigenvalue weighted by atomic mass is 16.1. The summed E-state index contributed by atoms with van der Waals surface area (Å²) in [5.74, 6) is 0. The van der Waals surface area contributed by atoms with Gasteiger partial charge in [-0.05, 0) is 13.0 Å². The van der Waals surface area contributed by atoms with E-state index in [1.54, 1.807) is 13.2 Å². The Hall–Kier alpha value is -2.63. The first-order valence-electron chi connectivity index (χ1n) is 6.92. The van der Waals surface area contributed by atoms with Gasteiger partial charge in [0, 0.05) is 25.0 Å². The maximum Gasteiger partial charge on any atom is 0.269 e. The van der Waals surface area contributed by atoms with Crippen molar-refractivity contribution in [1.29, 1.82) is 0 Å². The van der Waals surface area contributed by atoms with Gasteiger partial charge in [-0.15, -0.1) is 0 Å². The van der Waals surface area contributed by atoms with E-state index >= 15 is 0 Å². The summed E-state index contributed by atoms with van der Waals surface area (Å²) in [4.78, 5) is 12.0. The molecule has 2 heterocycles.